The molecule has 3 N–H and O–H groups in total. The van der Waals surface area contributed by atoms with Gasteiger partial charge in [-0.25, -0.2) is 9.97 Å². The Morgan fingerprint density at radius 2 is 1.90 bits per heavy atom. The standard InChI is InChI=1S/C27H31Cl2N5O5/c1-5-23(35)33-17-6-8-39-14-19(17)32-22-11-16-15(13-31-22)10-18(34-27(16)30-7-9-36-2)24-25(28)20(37-3)12-21(38-4)26(24)29/h5,10-13,17,19H,1,6-9,14H2,2-4H3,(H,30,34)(H,31,32)(H,33,35)/t17-,19+/m0/s1. The van der Waals surface area contributed by atoms with Gasteiger partial charge in [0.05, 0.1) is 55.3 Å². The van der Waals surface area contributed by atoms with E-state index >= 15 is 0 Å². The van der Waals surface area contributed by atoms with E-state index in [1.807, 2.05) is 12.1 Å². The molecule has 3 heterocycles. The largest absolute Gasteiger partial charge is 0.495 e. The maximum Gasteiger partial charge on any atom is 0.243 e. The molecule has 1 aliphatic heterocycles. The average molecular weight is 576 g/mol. The normalized spacial score (nSPS) is 16.9. The highest BCUT2D eigenvalue weighted by atomic mass is 35.5. The predicted octanol–water partition coefficient (Wildman–Crippen LogP) is 4.55. The summed E-state index contributed by atoms with van der Waals surface area (Å²) in [4.78, 5) is 21.4. The molecule has 208 valence electrons. The van der Waals surface area contributed by atoms with E-state index < -0.39 is 0 Å². The third-order valence-corrected chi connectivity index (χ3v) is 7.10. The van der Waals surface area contributed by atoms with Crippen molar-refractivity contribution in [3.63, 3.8) is 0 Å². The summed E-state index contributed by atoms with van der Waals surface area (Å²) in [6.07, 6.45) is 3.67. The number of aromatic nitrogens is 2. The van der Waals surface area contributed by atoms with Gasteiger partial charge >= 0.3 is 0 Å². The van der Waals surface area contributed by atoms with Crippen molar-refractivity contribution in [2.75, 3.05) is 58.3 Å². The van der Waals surface area contributed by atoms with Crippen molar-refractivity contribution in [3.8, 4) is 22.8 Å². The number of amides is 1. The lowest BCUT2D eigenvalue weighted by atomic mass is 10.0. The molecule has 0 unspecified atom stereocenters. The van der Waals surface area contributed by atoms with Crippen LogP contribution in [0.4, 0.5) is 11.6 Å². The van der Waals surface area contributed by atoms with Crippen LogP contribution in [0.2, 0.25) is 10.0 Å². The van der Waals surface area contributed by atoms with Gasteiger partial charge in [-0.15, -0.1) is 0 Å². The van der Waals surface area contributed by atoms with E-state index in [1.165, 1.54) is 20.3 Å². The third kappa shape index (κ3) is 6.47. The van der Waals surface area contributed by atoms with E-state index in [1.54, 1.807) is 19.4 Å². The zero-order valence-corrected chi connectivity index (χ0v) is 23.5. The van der Waals surface area contributed by atoms with E-state index in [4.69, 9.17) is 47.1 Å². The van der Waals surface area contributed by atoms with Crippen LogP contribution in [-0.4, -0.2) is 75.7 Å². The summed E-state index contributed by atoms with van der Waals surface area (Å²) < 4.78 is 21.7. The smallest absolute Gasteiger partial charge is 0.243 e. The monoisotopic (exact) mass is 575 g/mol. The molecule has 0 aliphatic carbocycles. The van der Waals surface area contributed by atoms with Gasteiger partial charge in [0.15, 0.2) is 0 Å². The molecule has 1 aromatic carbocycles. The molecule has 10 nitrogen and oxygen atoms in total. The Kier molecular flexibility index (Phi) is 9.68. The molecule has 0 spiro atoms. The molecule has 0 bridgehead atoms. The number of fused-ring (bicyclic) bond motifs is 1. The van der Waals surface area contributed by atoms with Gasteiger partial charge in [-0.1, -0.05) is 29.8 Å². The van der Waals surface area contributed by atoms with Gasteiger partial charge in [0.2, 0.25) is 5.91 Å². The third-order valence-electron chi connectivity index (χ3n) is 6.35. The molecule has 39 heavy (non-hydrogen) atoms. The summed E-state index contributed by atoms with van der Waals surface area (Å²) in [5.74, 6) is 1.80. The van der Waals surface area contributed by atoms with Gasteiger partial charge in [-0.3, -0.25) is 4.79 Å². The Morgan fingerprint density at radius 3 is 2.56 bits per heavy atom. The van der Waals surface area contributed by atoms with Crippen LogP contribution in [0.5, 0.6) is 11.5 Å². The van der Waals surface area contributed by atoms with Gasteiger partial charge in [0, 0.05) is 48.9 Å². The highest BCUT2D eigenvalue weighted by molar-refractivity contribution is 6.41. The predicted molar refractivity (Wildman–Crippen MR) is 153 cm³/mol. The zero-order valence-electron chi connectivity index (χ0n) is 22.0. The lowest BCUT2D eigenvalue weighted by Crippen LogP contribution is -2.52. The first-order chi connectivity index (χ1) is 18.9. The Balaban J connectivity index is 1.76. The first-order valence-electron chi connectivity index (χ1n) is 12.3. The molecule has 1 fully saturated rings. The van der Waals surface area contributed by atoms with Crippen molar-refractivity contribution in [3.05, 3.63) is 47.1 Å². The van der Waals surface area contributed by atoms with E-state index in [0.29, 0.717) is 77.2 Å². The van der Waals surface area contributed by atoms with Crippen molar-refractivity contribution in [2.24, 2.45) is 0 Å². The van der Waals surface area contributed by atoms with E-state index in [-0.39, 0.29) is 18.0 Å². The van der Waals surface area contributed by atoms with Crippen LogP contribution in [0.25, 0.3) is 22.0 Å². The van der Waals surface area contributed by atoms with E-state index in [0.717, 1.165) is 10.8 Å². The zero-order chi connectivity index (χ0) is 27.9. The molecule has 12 heteroatoms. The maximum absolute atomic E-state index is 11.9. The fraction of sp³-hybridized carbons (Fsp3) is 0.370. The summed E-state index contributed by atoms with van der Waals surface area (Å²) in [6.45, 7) is 5.51. The Morgan fingerprint density at radius 1 is 1.15 bits per heavy atom. The number of anilines is 2. The Bertz CT molecular complexity index is 1330. The highest BCUT2D eigenvalue weighted by Crippen LogP contribution is 2.46. The fourth-order valence-corrected chi connectivity index (χ4v) is 5.05. The quantitative estimate of drug-likeness (QED) is 0.223. The van der Waals surface area contributed by atoms with Crippen LogP contribution < -0.4 is 25.4 Å². The van der Waals surface area contributed by atoms with Gasteiger partial charge in [-0.05, 0) is 24.6 Å². The molecule has 0 saturated carbocycles. The number of carbonyl (C=O) groups excluding carboxylic acids is 1. The number of methoxy groups -OCH3 is 3. The number of hydrogen-bond donors (Lipinski definition) is 3. The number of nitrogens with zero attached hydrogens (tertiary/aromatic N) is 2. The summed E-state index contributed by atoms with van der Waals surface area (Å²) in [5.41, 5.74) is 0.999. The number of halogens is 2. The molecular formula is C27H31Cl2N5O5. The number of pyridine rings is 2. The SMILES string of the molecule is C=CC(=O)N[C@H]1CCOC[C@H]1Nc1cc2c(NCCOC)nc(-c3c(Cl)c(OC)cc(OC)c3Cl)cc2cn1. The second kappa shape index (κ2) is 13.2. The molecule has 1 amide bonds. The summed E-state index contributed by atoms with van der Waals surface area (Å²) >= 11 is 13.4. The topological polar surface area (TPSA) is 116 Å². The Hall–Kier alpha value is -3.31. The van der Waals surface area contributed by atoms with Crippen LogP contribution in [0.15, 0.2) is 37.1 Å². The number of benzene rings is 1. The molecular weight excluding hydrogens is 545 g/mol. The molecule has 1 saturated heterocycles. The highest BCUT2D eigenvalue weighted by Gasteiger charge is 2.27. The van der Waals surface area contributed by atoms with Gasteiger partial charge < -0.3 is 34.9 Å². The number of hydrogen-bond acceptors (Lipinski definition) is 9. The molecule has 3 aromatic rings. The molecule has 1 aliphatic rings. The van der Waals surface area contributed by atoms with E-state index in [2.05, 4.69) is 27.5 Å². The summed E-state index contributed by atoms with van der Waals surface area (Å²) in [5, 5.41) is 11.9. The Labute approximate surface area is 237 Å². The van der Waals surface area contributed by atoms with Crippen molar-refractivity contribution in [1.29, 1.82) is 0 Å². The average Bonchev–Trinajstić information content (AvgIpc) is 2.94. The number of carbonyl (C=O) groups is 1. The molecule has 4 rings (SSSR count). The lowest BCUT2D eigenvalue weighted by molar-refractivity contribution is -0.117. The van der Waals surface area contributed by atoms with Gasteiger partial charge in [-0.2, -0.15) is 0 Å². The second-order valence-electron chi connectivity index (χ2n) is 8.78. The minimum atomic E-state index is -0.229. The van der Waals surface area contributed by atoms with Crippen molar-refractivity contribution in [2.45, 2.75) is 18.5 Å². The van der Waals surface area contributed by atoms with Gasteiger partial charge in [0.1, 0.15) is 23.1 Å². The van der Waals surface area contributed by atoms with Gasteiger partial charge in [0.25, 0.3) is 0 Å². The van der Waals surface area contributed by atoms with Crippen LogP contribution in [0.3, 0.4) is 0 Å². The minimum absolute atomic E-state index is 0.131. The molecule has 0 radical (unpaired) electrons. The first kappa shape index (κ1) is 28.7. The summed E-state index contributed by atoms with van der Waals surface area (Å²) in [6, 6.07) is 5.08. The van der Waals surface area contributed by atoms with E-state index in [9.17, 15) is 4.79 Å². The second-order valence-corrected chi connectivity index (χ2v) is 9.54. The molecule has 2 atom stereocenters. The first-order valence-corrected chi connectivity index (χ1v) is 13.1. The van der Waals surface area contributed by atoms with Crippen LogP contribution in [0, 0.1) is 0 Å². The van der Waals surface area contributed by atoms with Crippen molar-refractivity contribution >= 4 is 51.5 Å². The van der Waals surface area contributed by atoms with Crippen LogP contribution in [-0.2, 0) is 14.3 Å². The number of rotatable bonds is 11. The van der Waals surface area contributed by atoms with Crippen molar-refractivity contribution in [1.82, 2.24) is 15.3 Å². The minimum Gasteiger partial charge on any atom is -0.495 e. The summed E-state index contributed by atoms with van der Waals surface area (Å²) in [7, 11) is 4.67. The fourth-order valence-electron chi connectivity index (χ4n) is 4.35. The van der Waals surface area contributed by atoms with Crippen LogP contribution >= 0.6 is 23.2 Å². The number of ether oxygens (including phenoxy) is 4. The van der Waals surface area contributed by atoms with Crippen molar-refractivity contribution < 1.29 is 23.7 Å². The maximum atomic E-state index is 11.9. The van der Waals surface area contributed by atoms with Crippen LogP contribution in [0.1, 0.15) is 6.42 Å². The number of nitrogens with one attached hydrogen (secondary N) is 3. The lowest BCUT2D eigenvalue weighted by Gasteiger charge is -2.32. The molecule has 2 aromatic heterocycles.